The molecule has 0 aliphatic rings. The van der Waals surface area contributed by atoms with Gasteiger partial charge in [-0.25, -0.2) is 9.78 Å². The molecule has 6 nitrogen and oxygen atoms in total. The lowest BCUT2D eigenvalue weighted by molar-refractivity contribution is 0.0600. The van der Waals surface area contributed by atoms with E-state index in [1.165, 1.54) is 7.11 Å². The Labute approximate surface area is 147 Å². The molecular weight excluding hydrogens is 318 g/mol. The minimum Gasteiger partial charge on any atom is -0.465 e. The maximum atomic E-state index is 12.4. The van der Waals surface area contributed by atoms with E-state index in [-0.39, 0.29) is 5.91 Å². The van der Waals surface area contributed by atoms with Crippen molar-refractivity contribution in [2.24, 2.45) is 0 Å². The molecule has 2 N–H and O–H groups in total. The maximum Gasteiger partial charge on any atom is 0.337 e. The lowest BCUT2D eigenvalue weighted by atomic mass is 10.2. The van der Waals surface area contributed by atoms with E-state index in [0.717, 1.165) is 25.8 Å². The number of amides is 1. The Balaban J connectivity index is 1.97. The maximum absolute atomic E-state index is 12.4. The molecule has 0 bridgehead atoms. The van der Waals surface area contributed by atoms with Gasteiger partial charge in [0.1, 0.15) is 5.82 Å². The molecule has 2 aromatic rings. The number of aromatic nitrogens is 1. The first-order chi connectivity index (χ1) is 12.1. The van der Waals surface area contributed by atoms with Crippen LogP contribution in [0, 0.1) is 0 Å². The highest BCUT2D eigenvalue weighted by molar-refractivity contribution is 6.04. The summed E-state index contributed by atoms with van der Waals surface area (Å²) in [6.45, 7) is 2.99. The standard InChI is InChI=1S/C19H23N3O3/c1-3-4-5-11-20-17-13-15(10-12-21-17)18(23)22-16-8-6-14(7-9-16)19(24)25-2/h6-10,12-13H,3-5,11H2,1-2H3,(H,20,21)(H,22,23). The van der Waals surface area contributed by atoms with Gasteiger partial charge in [-0.3, -0.25) is 4.79 Å². The van der Waals surface area contributed by atoms with Crippen molar-refractivity contribution in [1.29, 1.82) is 0 Å². The van der Waals surface area contributed by atoms with Crippen LogP contribution in [0.2, 0.25) is 0 Å². The number of methoxy groups -OCH3 is 1. The molecule has 0 saturated carbocycles. The first-order valence-corrected chi connectivity index (χ1v) is 8.33. The molecule has 0 aliphatic heterocycles. The number of rotatable bonds is 8. The highest BCUT2D eigenvalue weighted by atomic mass is 16.5. The molecule has 1 heterocycles. The number of nitrogens with zero attached hydrogens (tertiary/aromatic N) is 1. The molecule has 0 spiro atoms. The first-order valence-electron chi connectivity index (χ1n) is 8.33. The lowest BCUT2D eigenvalue weighted by Crippen LogP contribution is -2.13. The molecule has 0 radical (unpaired) electrons. The van der Waals surface area contributed by atoms with Crippen LogP contribution in [0.15, 0.2) is 42.6 Å². The van der Waals surface area contributed by atoms with E-state index < -0.39 is 5.97 Å². The van der Waals surface area contributed by atoms with Crippen LogP contribution in [0.1, 0.15) is 46.9 Å². The summed E-state index contributed by atoms with van der Waals surface area (Å²) in [5, 5.41) is 6.02. The van der Waals surface area contributed by atoms with E-state index in [0.29, 0.717) is 22.6 Å². The van der Waals surface area contributed by atoms with Crippen LogP contribution < -0.4 is 10.6 Å². The fourth-order valence-corrected chi connectivity index (χ4v) is 2.27. The molecule has 25 heavy (non-hydrogen) atoms. The van der Waals surface area contributed by atoms with Crippen molar-refractivity contribution >= 4 is 23.4 Å². The van der Waals surface area contributed by atoms with Crippen molar-refractivity contribution in [2.75, 3.05) is 24.3 Å². The van der Waals surface area contributed by atoms with Gasteiger partial charge in [-0.1, -0.05) is 19.8 Å². The minimum atomic E-state index is -0.411. The van der Waals surface area contributed by atoms with Gasteiger partial charge >= 0.3 is 5.97 Å². The highest BCUT2D eigenvalue weighted by Gasteiger charge is 2.09. The van der Waals surface area contributed by atoms with Crippen LogP contribution in [-0.2, 0) is 4.74 Å². The predicted molar refractivity (Wildman–Crippen MR) is 98.0 cm³/mol. The van der Waals surface area contributed by atoms with Gasteiger partial charge < -0.3 is 15.4 Å². The number of ether oxygens (including phenoxy) is 1. The molecule has 0 saturated heterocycles. The topological polar surface area (TPSA) is 80.3 Å². The smallest absolute Gasteiger partial charge is 0.337 e. The molecule has 6 heteroatoms. The number of anilines is 2. The first kappa shape index (κ1) is 18.4. The van der Waals surface area contributed by atoms with Crippen molar-refractivity contribution in [2.45, 2.75) is 26.2 Å². The number of hydrogen-bond donors (Lipinski definition) is 2. The third kappa shape index (κ3) is 5.60. The van der Waals surface area contributed by atoms with E-state index >= 15 is 0 Å². The Bertz CT molecular complexity index is 714. The van der Waals surface area contributed by atoms with E-state index in [1.807, 2.05) is 0 Å². The van der Waals surface area contributed by atoms with Crippen LogP contribution in [0.3, 0.4) is 0 Å². The van der Waals surface area contributed by atoms with E-state index in [2.05, 4.69) is 27.3 Å². The summed E-state index contributed by atoms with van der Waals surface area (Å²) in [5.74, 6) is 0.0421. The second-order valence-corrected chi connectivity index (χ2v) is 5.59. The molecule has 0 aliphatic carbocycles. The average Bonchev–Trinajstić information content (AvgIpc) is 2.65. The second kappa shape index (κ2) is 9.42. The Kier molecular flexibility index (Phi) is 6.95. The zero-order valence-electron chi connectivity index (χ0n) is 14.5. The molecule has 0 unspecified atom stereocenters. The third-order valence-corrected chi connectivity index (χ3v) is 3.67. The van der Waals surface area contributed by atoms with Crippen LogP contribution in [0.5, 0.6) is 0 Å². The molecule has 1 aromatic heterocycles. The van der Waals surface area contributed by atoms with Crippen LogP contribution in [-0.4, -0.2) is 30.5 Å². The molecule has 2 rings (SSSR count). The van der Waals surface area contributed by atoms with Crippen LogP contribution in [0.4, 0.5) is 11.5 Å². The van der Waals surface area contributed by atoms with E-state index in [4.69, 9.17) is 0 Å². The van der Waals surface area contributed by atoms with Gasteiger partial charge in [0.05, 0.1) is 12.7 Å². The molecule has 1 aromatic carbocycles. The number of nitrogens with one attached hydrogen (secondary N) is 2. The Morgan fingerprint density at radius 1 is 1.08 bits per heavy atom. The van der Waals surface area contributed by atoms with Gasteiger partial charge in [-0.05, 0) is 42.8 Å². The van der Waals surface area contributed by atoms with Gasteiger partial charge in [-0.2, -0.15) is 0 Å². The summed E-state index contributed by atoms with van der Waals surface area (Å²) < 4.78 is 4.65. The minimum absolute atomic E-state index is 0.232. The third-order valence-electron chi connectivity index (χ3n) is 3.67. The summed E-state index contributed by atoms with van der Waals surface area (Å²) in [4.78, 5) is 28.0. The number of carbonyl (C=O) groups is 2. The lowest BCUT2D eigenvalue weighted by Gasteiger charge is -2.08. The van der Waals surface area contributed by atoms with E-state index in [1.54, 1.807) is 42.6 Å². The van der Waals surface area contributed by atoms with Crippen molar-refractivity contribution in [3.8, 4) is 0 Å². The average molecular weight is 341 g/mol. The number of carbonyl (C=O) groups excluding carboxylic acids is 2. The number of unbranched alkanes of at least 4 members (excludes halogenated alkanes) is 2. The fraction of sp³-hybridized carbons (Fsp3) is 0.316. The number of pyridine rings is 1. The van der Waals surface area contributed by atoms with Crippen LogP contribution >= 0.6 is 0 Å². The number of benzene rings is 1. The Morgan fingerprint density at radius 3 is 2.52 bits per heavy atom. The van der Waals surface area contributed by atoms with Crippen molar-refractivity contribution < 1.29 is 14.3 Å². The zero-order chi connectivity index (χ0) is 18.1. The number of esters is 1. The molecular formula is C19H23N3O3. The summed E-state index contributed by atoms with van der Waals surface area (Å²) in [7, 11) is 1.33. The van der Waals surface area contributed by atoms with Gasteiger partial charge in [0.15, 0.2) is 0 Å². The van der Waals surface area contributed by atoms with Crippen LogP contribution in [0.25, 0.3) is 0 Å². The van der Waals surface area contributed by atoms with Crippen molar-refractivity contribution in [3.05, 3.63) is 53.7 Å². The SMILES string of the molecule is CCCCCNc1cc(C(=O)Nc2ccc(C(=O)OC)cc2)ccn1. The van der Waals surface area contributed by atoms with Gasteiger partial charge in [0.2, 0.25) is 0 Å². The Hall–Kier alpha value is -2.89. The quantitative estimate of drug-likeness (QED) is 0.565. The summed E-state index contributed by atoms with van der Waals surface area (Å²) in [6.07, 6.45) is 5.00. The number of hydrogen-bond acceptors (Lipinski definition) is 5. The molecule has 1 amide bonds. The molecule has 0 atom stereocenters. The van der Waals surface area contributed by atoms with Gasteiger partial charge in [0.25, 0.3) is 5.91 Å². The predicted octanol–water partition coefficient (Wildman–Crippen LogP) is 3.72. The van der Waals surface area contributed by atoms with E-state index in [9.17, 15) is 9.59 Å². The normalized spacial score (nSPS) is 10.2. The second-order valence-electron chi connectivity index (χ2n) is 5.59. The van der Waals surface area contributed by atoms with Gasteiger partial charge in [0, 0.05) is 24.0 Å². The van der Waals surface area contributed by atoms with Crippen molar-refractivity contribution in [1.82, 2.24) is 4.98 Å². The monoisotopic (exact) mass is 341 g/mol. The summed E-state index contributed by atoms with van der Waals surface area (Å²) in [5.41, 5.74) is 1.56. The molecule has 0 fully saturated rings. The largest absolute Gasteiger partial charge is 0.465 e. The zero-order valence-corrected chi connectivity index (χ0v) is 14.5. The van der Waals surface area contributed by atoms with Gasteiger partial charge in [-0.15, -0.1) is 0 Å². The summed E-state index contributed by atoms with van der Waals surface area (Å²) >= 11 is 0. The highest BCUT2D eigenvalue weighted by Crippen LogP contribution is 2.13. The fourth-order valence-electron chi connectivity index (χ4n) is 2.27. The summed E-state index contributed by atoms with van der Waals surface area (Å²) in [6, 6.07) is 9.92. The Morgan fingerprint density at radius 2 is 1.84 bits per heavy atom. The van der Waals surface area contributed by atoms with Crippen molar-refractivity contribution in [3.63, 3.8) is 0 Å². The molecule has 132 valence electrons.